The molecule has 29 heavy (non-hydrogen) atoms. The molecule has 148 valence electrons. The SMILES string of the molecule is O=C(COc1cc(Cl)ccc1Cl)N1N=C(c2ccc(Cl)cc2)C[C@H]1c1ccco1. The Labute approximate surface area is 182 Å². The minimum absolute atomic E-state index is 0.241. The normalized spacial score (nSPS) is 16.0. The summed E-state index contributed by atoms with van der Waals surface area (Å²) in [6, 6.07) is 15.4. The van der Waals surface area contributed by atoms with Gasteiger partial charge in [-0.25, -0.2) is 5.01 Å². The number of furan rings is 1. The summed E-state index contributed by atoms with van der Waals surface area (Å²) < 4.78 is 11.1. The predicted octanol–water partition coefficient (Wildman–Crippen LogP) is 6.00. The highest BCUT2D eigenvalue weighted by atomic mass is 35.5. The van der Waals surface area contributed by atoms with Crippen LogP contribution >= 0.6 is 34.8 Å². The van der Waals surface area contributed by atoms with E-state index >= 15 is 0 Å². The highest BCUT2D eigenvalue weighted by Gasteiger charge is 2.35. The van der Waals surface area contributed by atoms with E-state index in [2.05, 4.69) is 5.10 Å². The molecule has 2 aromatic carbocycles. The van der Waals surface area contributed by atoms with Crippen molar-refractivity contribution in [2.24, 2.45) is 5.10 Å². The molecule has 0 aliphatic carbocycles. The Balaban J connectivity index is 1.56. The molecule has 4 rings (SSSR count). The van der Waals surface area contributed by atoms with Crippen LogP contribution in [-0.4, -0.2) is 23.2 Å². The third-order valence-corrected chi connectivity index (χ3v) is 5.26. The molecule has 0 spiro atoms. The third kappa shape index (κ3) is 4.42. The first-order chi connectivity index (χ1) is 14.0. The lowest BCUT2D eigenvalue weighted by Gasteiger charge is -2.20. The van der Waals surface area contributed by atoms with Gasteiger partial charge in [0.05, 0.1) is 17.0 Å². The minimum atomic E-state index is -0.360. The van der Waals surface area contributed by atoms with E-state index in [9.17, 15) is 4.79 Å². The van der Waals surface area contributed by atoms with Gasteiger partial charge in [-0.15, -0.1) is 0 Å². The molecular weight excluding hydrogens is 435 g/mol. The number of nitrogens with zero attached hydrogens (tertiary/aromatic N) is 2. The van der Waals surface area contributed by atoms with Crippen LogP contribution in [0.15, 0.2) is 70.4 Å². The van der Waals surface area contributed by atoms with Crippen LogP contribution in [0.2, 0.25) is 15.1 Å². The molecule has 0 fully saturated rings. The molecule has 0 bridgehead atoms. The van der Waals surface area contributed by atoms with Gasteiger partial charge in [-0.2, -0.15) is 5.10 Å². The van der Waals surface area contributed by atoms with Crippen molar-refractivity contribution in [2.75, 3.05) is 6.61 Å². The van der Waals surface area contributed by atoms with E-state index < -0.39 is 0 Å². The summed E-state index contributed by atoms with van der Waals surface area (Å²) in [5, 5.41) is 7.40. The van der Waals surface area contributed by atoms with Crippen molar-refractivity contribution >= 4 is 46.4 Å². The monoisotopic (exact) mass is 448 g/mol. The summed E-state index contributed by atoms with van der Waals surface area (Å²) in [7, 11) is 0. The number of halogens is 3. The molecule has 1 amide bonds. The summed E-state index contributed by atoms with van der Waals surface area (Å²) >= 11 is 18.0. The smallest absolute Gasteiger partial charge is 0.281 e. The zero-order valence-corrected chi connectivity index (χ0v) is 17.3. The van der Waals surface area contributed by atoms with Gasteiger partial charge in [0.25, 0.3) is 5.91 Å². The van der Waals surface area contributed by atoms with Crippen molar-refractivity contribution < 1.29 is 13.9 Å². The zero-order valence-electron chi connectivity index (χ0n) is 15.0. The molecule has 2 heterocycles. The topological polar surface area (TPSA) is 55.0 Å². The lowest BCUT2D eigenvalue weighted by Crippen LogP contribution is -2.31. The maximum absolute atomic E-state index is 12.9. The Morgan fingerprint density at radius 1 is 1.10 bits per heavy atom. The minimum Gasteiger partial charge on any atom is -0.482 e. The number of benzene rings is 2. The zero-order chi connectivity index (χ0) is 20.4. The predicted molar refractivity (Wildman–Crippen MR) is 113 cm³/mol. The maximum Gasteiger partial charge on any atom is 0.281 e. The lowest BCUT2D eigenvalue weighted by atomic mass is 10.0. The van der Waals surface area contributed by atoms with Crippen molar-refractivity contribution in [1.82, 2.24) is 5.01 Å². The van der Waals surface area contributed by atoms with Crippen LogP contribution in [0.3, 0.4) is 0 Å². The quantitative estimate of drug-likeness (QED) is 0.480. The molecule has 0 radical (unpaired) electrons. The highest BCUT2D eigenvalue weighted by molar-refractivity contribution is 6.34. The first-order valence-electron chi connectivity index (χ1n) is 8.78. The Bertz CT molecular complexity index is 1050. The van der Waals surface area contributed by atoms with Crippen LogP contribution in [0.4, 0.5) is 0 Å². The Kier molecular flexibility index (Phi) is 5.81. The van der Waals surface area contributed by atoms with Gasteiger partial charge in [0, 0.05) is 22.5 Å². The molecule has 1 aliphatic heterocycles. The van der Waals surface area contributed by atoms with Gasteiger partial charge in [0.1, 0.15) is 17.6 Å². The molecule has 0 saturated heterocycles. The van der Waals surface area contributed by atoms with Gasteiger partial charge in [-0.3, -0.25) is 4.79 Å². The van der Waals surface area contributed by atoms with E-state index in [0.29, 0.717) is 33.0 Å². The van der Waals surface area contributed by atoms with Gasteiger partial charge in [-0.1, -0.05) is 46.9 Å². The Hall–Kier alpha value is -2.47. The van der Waals surface area contributed by atoms with E-state index in [0.717, 1.165) is 11.3 Å². The van der Waals surface area contributed by atoms with Crippen molar-refractivity contribution in [3.63, 3.8) is 0 Å². The van der Waals surface area contributed by atoms with Crippen molar-refractivity contribution in [2.45, 2.75) is 12.5 Å². The number of carbonyl (C=O) groups excluding carboxylic acids is 1. The molecule has 0 unspecified atom stereocenters. The van der Waals surface area contributed by atoms with Crippen LogP contribution in [0.5, 0.6) is 5.75 Å². The van der Waals surface area contributed by atoms with Crippen molar-refractivity contribution in [3.8, 4) is 5.75 Å². The van der Waals surface area contributed by atoms with E-state index in [1.54, 1.807) is 42.7 Å². The summed E-state index contributed by atoms with van der Waals surface area (Å²) in [5.74, 6) is 0.654. The van der Waals surface area contributed by atoms with E-state index in [1.165, 1.54) is 5.01 Å². The fourth-order valence-corrected chi connectivity index (χ4v) is 3.51. The molecule has 5 nitrogen and oxygen atoms in total. The summed E-state index contributed by atoms with van der Waals surface area (Å²) in [6.45, 7) is -0.241. The number of carbonyl (C=O) groups is 1. The number of hydrogen-bond acceptors (Lipinski definition) is 4. The molecule has 1 atom stereocenters. The number of amides is 1. The summed E-state index contributed by atoms with van der Waals surface area (Å²) in [6.07, 6.45) is 2.08. The van der Waals surface area contributed by atoms with Gasteiger partial charge >= 0.3 is 0 Å². The van der Waals surface area contributed by atoms with Gasteiger partial charge in [-0.05, 0) is 42.0 Å². The highest BCUT2D eigenvalue weighted by Crippen LogP contribution is 2.34. The van der Waals surface area contributed by atoms with Crippen LogP contribution < -0.4 is 4.74 Å². The van der Waals surface area contributed by atoms with Crippen LogP contribution in [0.25, 0.3) is 0 Å². The van der Waals surface area contributed by atoms with E-state index in [-0.39, 0.29) is 18.6 Å². The fraction of sp³-hybridized carbons (Fsp3) is 0.143. The maximum atomic E-state index is 12.9. The number of ether oxygens (including phenoxy) is 1. The average Bonchev–Trinajstić information content (AvgIpc) is 3.38. The lowest BCUT2D eigenvalue weighted by molar-refractivity contribution is -0.135. The van der Waals surface area contributed by atoms with E-state index in [4.69, 9.17) is 44.0 Å². The van der Waals surface area contributed by atoms with Gasteiger partial charge in [0.2, 0.25) is 0 Å². The summed E-state index contributed by atoms with van der Waals surface area (Å²) in [4.78, 5) is 12.9. The van der Waals surface area contributed by atoms with Gasteiger partial charge in [0.15, 0.2) is 6.61 Å². The first-order valence-corrected chi connectivity index (χ1v) is 9.91. The molecule has 1 aromatic heterocycles. The Morgan fingerprint density at radius 3 is 2.59 bits per heavy atom. The summed E-state index contributed by atoms with van der Waals surface area (Å²) in [5.41, 5.74) is 1.65. The average molecular weight is 450 g/mol. The second kappa shape index (κ2) is 8.49. The van der Waals surface area contributed by atoms with Crippen molar-refractivity contribution in [1.29, 1.82) is 0 Å². The number of rotatable bonds is 5. The second-order valence-corrected chi connectivity index (χ2v) is 7.67. The number of hydrogen-bond donors (Lipinski definition) is 0. The molecule has 0 N–H and O–H groups in total. The fourth-order valence-electron chi connectivity index (χ4n) is 3.05. The van der Waals surface area contributed by atoms with Crippen LogP contribution in [0, 0.1) is 0 Å². The van der Waals surface area contributed by atoms with E-state index in [1.807, 2.05) is 18.2 Å². The largest absolute Gasteiger partial charge is 0.482 e. The molecule has 3 aromatic rings. The van der Waals surface area contributed by atoms with Crippen molar-refractivity contribution in [3.05, 3.63) is 87.3 Å². The second-order valence-electron chi connectivity index (χ2n) is 6.39. The molecule has 1 aliphatic rings. The first kappa shape index (κ1) is 19.8. The standard InChI is InChI=1S/C21H15Cl3N2O3/c22-14-5-3-13(4-6-14)17-11-18(19-2-1-9-28-19)26(25-17)21(27)12-29-20-10-15(23)7-8-16(20)24/h1-10,18H,11-12H2/t18-/m0/s1. The molecule has 8 heteroatoms. The number of hydrazone groups is 1. The van der Waals surface area contributed by atoms with Crippen LogP contribution in [-0.2, 0) is 4.79 Å². The third-order valence-electron chi connectivity index (χ3n) is 4.46. The molecule has 0 saturated carbocycles. The van der Waals surface area contributed by atoms with Crippen LogP contribution in [0.1, 0.15) is 23.8 Å². The molecular formula is C21H15Cl3N2O3. The van der Waals surface area contributed by atoms with Gasteiger partial charge < -0.3 is 9.15 Å². The Morgan fingerprint density at radius 2 is 1.86 bits per heavy atom.